The summed E-state index contributed by atoms with van der Waals surface area (Å²) < 4.78 is 4.14. The van der Waals surface area contributed by atoms with Gasteiger partial charge in [-0.3, -0.25) is 4.57 Å². The van der Waals surface area contributed by atoms with Gasteiger partial charge in [-0.15, -0.1) is 0 Å². The fourth-order valence-corrected chi connectivity index (χ4v) is 2.12. The third-order valence-corrected chi connectivity index (χ3v) is 4.36. The highest BCUT2D eigenvalue weighted by molar-refractivity contribution is 9.10. The maximum atomic E-state index is 11.9. The Hall–Kier alpha value is -1.14. The summed E-state index contributed by atoms with van der Waals surface area (Å²) in [5, 5.41) is 0.537. The smallest absolute Gasteiger partial charge is 0.321 e. The normalized spacial score (nSPS) is 10.9. The molecule has 0 aliphatic heterocycles. The van der Waals surface area contributed by atoms with E-state index in [1.54, 1.807) is 22.3 Å². The molecule has 18 heavy (non-hydrogen) atoms. The van der Waals surface area contributed by atoms with Gasteiger partial charge in [-0.1, -0.05) is 11.6 Å². The van der Waals surface area contributed by atoms with Crippen molar-refractivity contribution in [3.8, 4) is 0 Å². The molecule has 0 aliphatic carbocycles. The number of nitrogens with zero attached hydrogens (tertiary/aromatic N) is 4. The fraction of sp³-hybridized carbons (Fsp3) is 0.364. The quantitative estimate of drug-likeness (QED) is 0.846. The SMILES string of the molecule is Cc1nc(=O)n(Cc2ncc(Cl)n2C)c(C)c1Br. The Morgan fingerprint density at radius 3 is 2.67 bits per heavy atom. The molecule has 0 fully saturated rings. The highest BCUT2D eigenvalue weighted by Crippen LogP contribution is 2.18. The first-order valence-corrected chi connectivity index (χ1v) is 6.48. The second kappa shape index (κ2) is 4.85. The molecule has 0 bridgehead atoms. The summed E-state index contributed by atoms with van der Waals surface area (Å²) >= 11 is 9.35. The van der Waals surface area contributed by atoms with Gasteiger partial charge >= 0.3 is 5.69 Å². The van der Waals surface area contributed by atoms with E-state index in [1.807, 2.05) is 14.0 Å². The molecule has 5 nitrogen and oxygen atoms in total. The van der Waals surface area contributed by atoms with Crippen LogP contribution in [0.5, 0.6) is 0 Å². The third kappa shape index (κ3) is 2.22. The third-order valence-electron chi connectivity index (χ3n) is 2.86. The highest BCUT2D eigenvalue weighted by Gasteiger charge is 2.12. The Kier molecular flexibility index (Phi) is 3.59. The summed E-state index contributed by atoms with van der Waals surface area (Å²) in [7, 11) is 1.81. The van der Waals surface area contributed by atoms with Crippen LogP contribution in [0.2, 0.25) is 5.15 Å². The van der Waals surface area contributed by atoms with Gasteiger partial charge in [-0.25, -0.2) is 9.78 Å². The molecular formula is C11H12BrClN4O. The number of hydrogen-bond acceptors (Lipinski definition) is 3. The van der Waals surface area contributed by atoms with Crippen molar-refractivity contribution in [3.63, 3.8) is 0 Å². The Bertz CT molecular complexity index is 662. The summed E-state index contributed by atoms with van der Waals surface area (Å²) in [6.07, 6.45) is 1.56. The molecule has 2 rings (SSSR count). The molecule has 2 heterocycles. The van der Waals surface area contributed by atoms with Gasteiger partial charge in [0.1, 0.15) is 11.0 Å². The number of imidazole rings is 1. The lowest BCUT2D eigenvalue weighted by atomic mass is 10.3. The summed E-state index contributed by atoms with van der Waals surface area (Å²) in [5.74, 6) is 0.711. The fourth-order valence-electron chi connectivity index (χ4n) is 1.68. The van der Waals surface area contributed by atoms with Crippen LogP contribution in [0.4, 0.5) is 0 Å². The van der Waals surface area contributed by atoms with Crippen LogP contribution in [0, 0.1) is 13.8 Å². The molecule has 0 unspecified atom stereocenters. The second-order valence-electron chi connectivity index (χ2n) is 4.02. The molecule has 2 aromatic rings. The van der Waals surface area contributed by atoms with E-state index in [4.69, 9.17) is 11.6 Å². The molecule has 0 aromatic carbocycles. The van der Waals surface area contributed by atoms with E-state index in [-0.39, 0.29) is 5.69 Å². The first-order valence-electron chi connectivity index (χ1n) is 5.31. The van der Waals surface area contributed by atoms with Crippen molar-refractivity contribution >= 4 is 27.5 Å². The zero-order valence-corrected chi connectivity index (χ0v) is 12.6. The van der Waals surface area contributed by atoms with Gasteiger partial charge < -0.3 is 4.57 Å². The van der Waals surface area contributed by atoms with Gasteiger partial charge in [-0.2, -0.15) is 4.98 Å². The summed E-state index contributed by atoms with van der Waals surface area (Å²) in [4.78, 5) is 20.0. The van der Waals surface area contributed by atoms with Crippen molar-refractivity contribution in [1.29, 1.82) is 0 Å². The highest BCUT2D eigenvalue weighted by atomic mass is 79.9. The predicted octanol–water partition coefficient (Wildman–Crippen LogP) is 2.06. The van der Waals surface area contributed by atoms with Crippen molar-refractivity contribution in [2.75, 3.05) is 0 Å². The van der Waals surface area contributed by atoms with E-state index >= 15 is 0 Å². The zero-order chi connectivity index (χ0) is 13.4. The Labute approximate surface area is 118 Å². The van der Waals surface area contributed by atoms with Crippen LogP contribution >= 0.6 is 27.5 Å². The molecule has 0 radical (unpaired) electrons. The van der Waals surface area contributed by atoms with E-state index in [0.29, 0.717) is 23.2 Å². The Morgan fingerprint density at radius 1 is 1.44 bits per heavy atom. The summed E-state index contributed by atoms with van der Waals surface area (Å²) in [6.45, 7) is 4.00. The lowest BCUT2D eigenvalue weighted by molar-refractivity contribution is 0.637. The van der Waals surface area contributed by atoms with Crippen LogP contribution in [-0.2, 0) is 13.6 Å². The second-order valence-corrected chi connectivity index (χ2v) is 5.20. The molecule has 2 aromatic heterocycles. The summed E-state index contributed by atoms with van der Waals surface area (Å²) in [6, 6.07) is 0. The lowest BCUT2D eigenvalue weighted by Crippen LogP contribution is -2.27. The molecule has 0 amide bonds. The van der Waals surface area contributed by atoms with Crippen LogP contribution < -0.4 is 5.69 Å². The van der Waals surface area contributed by atoms with E-state index in [2.05, 4.69) is 25.9 Å². The molecular weight excluding hydrogens is 320 g/mol. The monoisotopic (exact) mass is 330 g/mol. The minimum Gasteiger partial charge on any atom is -0.321 e. The van der Waals surface area contributed by atoms with Gasteiger partial charge in [0.2, 0.25) is 0 Å². The Morgan fingerprint density at radius 2 is 2.11 bits per heavy atom. The maximum absolute atomic E-state index is 11.9. The number of aromatic nitrogens is 4. The van der Waals surface area contributed by atoms with Crippen LogP contribution in [0.15, 0.2) is 15.5 Å². The van der Waals surface area contributed by atoms with E-state index < -0.39 is 0 Å². The Balaban J connectivity index is 2.50. The molecule has 0 N–H and O–H groups in total. The number of halogens is 2. The van der Waals surface area contributed by atoms with Gasteiger partial charge in [0.15, 0.2) is 0 Å². The average molecular weight is 332 g/mol. The average Bonchev–Trinajstić information content (AvgIpc) is 2.63. The van der Waals surface area contributed by atoms with Crippen molar-refractivity contribution in [3.05, 3.63) is 43.5 Å². The van der Waals surface area contributed by atoms with E-state index in [0.717, 1.165) is 10.2 Å². The van der Waals surface area contributed by atoms with Crippen molar-refractivity contribution in [1.82, 2.24) is 19.1 Å². The van der Waals surface area contributed by atoms with Crippen LogP contribution in [0.25, 0.3) is 0 Å². The van der Waals surface area contributed by atoms with E-state index in [1.165, 1.54) is 0 Å². The van der Waals surface area contributed by atoms with Gasteiger partial charge in [0.25, 0.3) is 0 Å². The lowest BCUT2D eigenvalue weighted by Gasteiger charge is -2.12. The van der Waals surface area contributed by atoms with Crippen molar-refractivity contribution in [2.45, 2.75) is 20.4 Å². The molecule has 0 aliphatic rings. The van der Waals surface area contributed by atoms with Gasteiger partial charge in [0.05, 0.1) is 22.9 Å². The molecule has 0 saturated carbocycles. The first-order chi connectivity index (χ1) is 8.41. The minimum absolute atomic E-state index is 0.285. The van der Waals surface area contributed by atoms with Gasteiger partial charge in [0, 0.05) is 12.7 Å². The van der Waals surface area contributed by atoms with Gasteiger partial charge in [-0.05, 0) is 29.8 Å². The minimum atomic E-state index is -0.285. The largest absolute Gasteiger partial charge is 0.348 e. The molecule has 7 heteroatoms. The molecule has 0 saturated heterocycles. The summed E-state index contributed by atoms with van der Waals surface area (Å²) in [5.41, 5.74) is 1.23. The van der Waals surface area contributed by atoms with E-state index in [9.17, 15) is 4.79 Å². The predicted molar refractivity (Wildman–Crippen MR) is 73.0 cm³/mol. The first kappa shape index (κ1) is 13.3. The molecule has 0 atom stereocenters. The van der Waals surface area contributed by atoms with Crippen LogP contribution in [-0.4, -0.2) is 19.1 Å². The van der Waals surface area contributed by atoms with Crippen molar-refractivity contribution in [2.24, 2.45) is 7.05 Å². The molecule has 96 valence electrons. The standard InChI is InChI=1S/C11H12BrClN4O/c1-6-10(12)7(2)17(11(18)15-6)5-9-14-4-8(13)16(9)3/h4H,5H2,1-3H3. The number of rotatable bonds is 2. The molecule has 0 spiro atoms. The maximum Gasteiger partial charge on any atom is 0.348 e. The number of hydrogen-bond donors (Lipinski definition) is 0. The van der Waals surface area contributed by atoms with Crippen molar-refractivity contribution < 1.29 is 0 Å². The topological polar surface area (TPSA) is 52.7 Å². The van der Waals surface area contributed by atoms with Crippen LogP contribution in [0.1, 0.15) is 17.2 Å². The zero-order valence-electron chi connectivity index (χ0n) is 10.2. The van der Waals surface area contributed by atoms with Crippen LogP contribution in [0.3, 0.4) is 0 Å². The number of aryl methyl sites for hydroxylation is 1.